The summed E-state index contributed by atoms with van der Waals surface area (Å²) in [6.45, 7) is 3.07. The number of hydrogen-bond acceptors (Lipinski definition) is 3. The molecule has 0 spiro atoms. The van der Waals surface area contributed by atoms with Crippen LogP contribution in [-0.2, 0) is 6.54 Å². The lowest BCUT2D eigenvalue weighted by atomic mass is 10.1. The van der Waals surface area contributed by atoms with Crippen LogP contribution < -0.4 is 10.6 Å². The van der Waals surface area contributed by atoms with E-state index in [1.54, 1.807) is 7.05 Å². The van der Waals surface area contributed by atoms with Crippen LogP contribution in [0.3, 0.4) is 0 Å². The predicted octanol–water partition coefficient (Wildman–Crippen LogP) is 1.85. The van der Waals surface area contributed by atoms with Crippen molar-refractivity contribution in [1.29, 1.82) is 5.26 Å². The molecule has 2 N–H and O–H groups in total. The van der Waals surface area contributed by atoms with E-state index in [0.29, 0.717) is 18.2 Å². The van der Waals surface area contributed by atoms with Crippen LogP contribution in [0.25, 0.3) is 0 Å². The third kappa shape index (κ3) is 4.46. The minimum Gasteiger partial charge on any atom is -0.354 e. The van der Waals surface area contributed by atoms with Crippen molar-refractivity contribution in [2.24, 2.45) is 4.99 Å². The van der Waals surface area contributed by atoms with Crippen molar-refractivity contribution in [3.8, 4) is 6.07 Å². The largest absolute Gasteiger partial charge is 0.354 e. The number of nitrogens with zero attached hydrogens (tertiary/aromatic N) is 3. The van der Waals surface area contributed by atoms with Crippen molar-refractivity contribution in [2.45, 2.75) is 44.3 Å². The Morgan fingerprint density at radius 3 is 2.74 bits per heavy atom. The van der Waals surface area contributed by atoms with Gasteiger partial charge in [0.05, 0.1) is 11.6 Å². The van der Waals surface area contributed by atoms with Crippen molar-refractivity contribution in [3.05, 3.63) is 35.4 Å². The van der Waals surface area contributed by atoms with Crippen LogP contribution in [0.2, 0.25) is 0 Å². The summed E-state index contributed by atoms with van der Waals surface area (Å²) in [5.74, 6) is 0.845. The van der Waals surface area contributed by atoms with Crippen LogP contribution in [0, 0.1) is 11.3 Å². The normalized spacial score (nSPS) is 20.1. The number of rotatable bonds is 4. The summed E-state index contributed by atoms with van der Waals surface area (Å²) in [5, 5.41) is 15.8. The molecule has 122 valence electrons. The van der Waals surface area contributed by atoms with Gasteiger partial charge in [-0.15, -0.1) is 0 Å². The van der Waals surface area contributed by atoms with Crippen LogP contribution in [0.15, 0.2) is 29.3 Å². The van der Waals surface area contributed by atoms with Gasteiger partial charge in [-0.3, -0.25) is 4.99 Å². The van der Waals surface area contributed by atoms with E-state index in [9.17, 15) is 0 Å². The summed E-state index contributed by atoms with van der Waals surface area (Å²) in [5.41, 5.74) is 1.79. The predicted molar refractivity (Wildman–Crippen MR) is 92.1 cm³/mol. The minimum absolute atomic E-state index is 0.502. The van der Waals surface area contributed by atoms with Crippen LogP contribution in [0.1, 0.15) is 36.8 Å². The molecular formula is C18H25N5. The Labute approximate surface area is 138 Å². The fraction of sp³-hybridized carbons (Fsp3) is 0.556. The number of guanidine groups is 1. The van der Waals surface area contributed by atoms with E-state index < -0.39 is 0 Å². The number of benzene rings is 1. The number of nitrogens with one attached hydrogen (secondary N) is 2. The molecule has 23 heavy (non-hydrogen) atoms. The summed E-state index contributed by atoms with van der Waals surface area (Å²) < 4.78 is 0. The first-order chi connectivity index (χ1) is 11.3. The Balaban J connectivity index is 1.45. The summed E-state index contributed by atoms with van der Waals surface area (Å²) in [6.07, 6.45) is 5.15. The van der Waals surface area contributed by atoms with Crippen molar-refractivity contribution in [1.82, 2.24) is 15.5 Å². The molecule has 1 heterocycles. The highest BCUT2D eigenvalue weighted by Gasteiger charge is 2.31. The molecule has 0 amide bonds. The fourth-order valence-corrected chi connectivity index (χ4v) is 3.17. The second-order valence-corrected chi connectivity index (χ2v) is 6.42. The van der Waals surface area contributed by atoms with E-state index >= 15 is 0 Å². The molecule has 0 radical (unpaired) electrons. The van der Waals surface area contributed by atoms with E-state index in [4.69, 9.17) is 5.26 Å². The van der Waals surface area contributed by atoms with E-state index in [1.807, 2.05) is 24.3 Å². The Morgan fingerprint density at radius 1 is 1.30 bits per heavy atom. The van der Waals surface area contributed by atoms with Gasteiger partial charge < -0.3 is 15.5 Å². The second-order valence-electron chi connectivity index (χ2n) is 6.42. The maximum atomic E-state index is 8.96. The smallest absolute Gasteiger partial charge is 0.191 e. The van der Waals surface area contributed by atoms with Gasteiger partial charge in [-0.05, 0) is 43.4 Å². The summed E-state index contributed by atoms with van der Waals surface area (Å²) in [7, 11) is 1.81. The monoisotopic (exact) mass is 311 g/mol. The lowest BCUT2D eigenvalue weighted by molar-refractivity contribution is 0.197. The lowest BCUT2D eigenvalue weighted by Gasteiger charge is -2.33. The SMILES string of the molecule is CN=C(NCc1cccc(C#N)c1)NC1CCN(C2CC2)CC1. The van der Waals surface area contributed by atoms with E-state index in [2.05, 4.69) is 26.6 Å². The van der Waals surface area contributed by atoms with Crippen LogP contribution in [0.5, 0.6) is 0 Å². The standard InChI is InChI=1S/C18H25N5/c1-20-18(21-13-15-4-2-3-14(11-15)12-19)22-16-7-9-23(10-8-16)17-5-6-17/h2-4,11,16-17H,5-10,13H2,1H3,(H2,20,21,22). The molecular weight excluding hydrogens is 286 g/mol. The molecule has 5 heteroatoms. The maximum Gasteiger partial charge on any atom is 0.191 e. The molecule has 0 unspecified atom stereocenters. The Kier molecular flexibility index (Phi) is 5.14. The van der Waals surface area contributed by atoms with Crippen molar-refractivity contribution >= 4 is 5.96 Å². The molecule has 1 aliphatic heterocycles. The summed E-state index contributed by atoms with van der Waals surface area (Å²) >= 11 is 0. The third-order valence-electron chi connectivity index (χ3n) is 4.67. The highest BCUT2D eigenvalue weighted by Crippen LogP contribution is 2.29. The molecule has 0 aromatic heterocycles. The van der Waals surface area contributed by atoms with E-state index in [-0.39, 0.29) is 0 Å². The third-order valence-corrected chi connectivity index (χ3v) is 4.67. The van der Waals surface area contributed by atoms with Gasteiger partial charge in [-0.2, -0.15) is 5.26 Å². The number of aliphatic imine (C=N–C) groups is 1. The quantitative estimate of drug-likeness (QED) is 0.658. The van der Waals surface area contributed by atoms with Crippen molar-refractivity contribution in [3.63, 3.8) is 0 Å². The lowest BCUT2D eigenvalue weighted by Crippen LogP contribution is -2.48. The maximum absolute atomic E-state index is 8.96. The number of likely N-dealkylation sites (tertiary alicyclic amines) is 1. The molecule has 0 atom stereocenters. The van der Waals surface area contributed by atoms with Gasteiger partial charge in [0.2, 0.25) is 0 Å². The van der Waals surface area contributed by atoms with Gasteiger partial charge in [0.25, 0.3) is 0 Å². The fourth-order valence-electron chi connectivity index (χ4n) is 3.17. The van der Waals surface area contributed by atoms with E-state index in [1.165, 1.54) is 38.8 Å². The molecule has 1 saturated heterocycles. The van der Waals surface area contributed by atoms with E-state index in [0.717, 1.165) is 17.6 Å². The molecule has 0 bridgehead atoms. The molecule has 2 aliphatic rings. The van der Waals surface area contributed by atoms with Crippen LogP contribution in [0.4, 0.5) is 0 Å². The van der Waals surface area contributed by atoms with Crippen molar-refractivity contribution in [2.75, 3.05) is 20.1 Å². The van der Waals surface area contributed by atoms with Gasteiger partial charge in [0.1, 0.15) is 0 Å². The van der Waals surface area contributed by atoms with Gasteiger partial charge in [-0.1, -0.05) is 12.1 Å². The zero-order valence-corrected chi connectivity index (χ0v) is 13.8. The van der Waals surface area contributed by atoms with Crippen LogP contribution in [-0.4, -0.2) is 43.1 Å². The first-order valence-corrected chi connectivity index (χ1v) is 8.49. The number of hydrogen-bond donors (Lipinski definition) is 2. The van der Waals surface area contributed by atoms with Gasteiger partial charge in [0, 0.05) is 38.8 Å². The molecule has 2 fully saturated rings. The highest BCUT2D eigenvalue weighted by atomic mass is 15.2. The molecule has 1 aromatic rings. The Morgan fingerprint density at radius 2 is 2.09 bits per heavy atom. The second kappa shape index (κ2) is 7.47. The summed E-state index contributed by atoms with van der Waals surface area (Å²) in [6, 6.07) is 11.2. The molecule has 1 aromatic carbocycles. The average Bonchev–Trinajstić information content (AvgIpc) is 3.44. The first kappa shape index (κ1) is 15.8. The Hall–Kier alpha value is -2.06. The van der Waals surface area contributed by atoms with Crippen molar-refractivity contribution < 1.29 is 0 Å². The summed E-state index contributed by atoms with van der Waals surface area (Å²) in [4.78, 5) is 6.95. The Bertz CT molecular complexity index is 592. The molecule has 3 rings (SSSR count). The molecule has 1 aliphatic carbocycles. The zero-order chi connectivity index (χ0) is 16.1. The van der Waals surface area contributed by atoms with Gasteiger partial charge in [-0.25, -0.2) is 0 Å². The van der Waals surface area contributed by atoms with Gasteiger partial charge in [0.15, 0.2) is 5.96 Å². The van der Waals surface area contributed by atoms with Crippen LogP contribution >= 0.6 is 0 Å². The topological polar surface area (TPSA) is 63.5 Å². The first-order valence-electron chi connectivity index (χ1n) is 8.49. The molecule has 5 nitrogen and oxygen atoms in total. The average molecular weight is 311 g/mol. The van der Waals surface area contributed by atoms with Gasteiger partial charge >= 0.3 is 0 Å². The minimum atomic E-state index is 0.502. The number of nitriles is 1. The molecule has 1 saturated carbocycles. The zero-order valence-electron chi connectivity index (χ0n) is 13.8. The number of piperidine rings is 1. The highest BCUT2D eigenvalue weighted by molar-refractivity contribution is 5.79.